The van der Waals surface area contributed by atoms with Crippen LogP contribution in [-0.4, -0.2) is 45.0 Å². The van der Waals surface area contributed by atoms with Crippen molar-refractivity contribution in [2.24, 2.45) is 5.73 Å². The van der Waals surface area contributed by atoms with Gasteiger partial charge in [0.15, 0.2) is 0 Å². The van der Waals surface area contributed by atoms with Gasteiger partial charge < -0.3 is 25.3 Å². The van der Waals surface area contributed by atoms with Crippen molar-refractivity contribution in [2.45, 2.75) is 38.5 Å². The first kappa shape index (κ1) is 17.7. The Morgan fingerprint density at radius 3 is 2.91 bits per heavy atom. The molecule has 0 spiro atoms. The Balaban J connectivity index is 1.90. The van der Waals surface area contributed by atoms with Crippen LogP contribution in [0, 0.1) is 6.92 Å². The van der Waals surface area contributed by atoms with Crippen LogP contribution < -0.4 is 15.8 Å². The van der Waals surface area contributed by atoms with E-state index in [-0.39, 0.29) is 12.0 Å². The number of ether oxygens (including phenoxy) is 3. The van der Waals surface area contributed by atoms with Gasteiger partial charge in [0.05, 0.1) is 12.7 Å². The molecule has 0 saturated carbocycles. The van der Waals surface area contributed by atoms with Gasteiger partial charge >= 0.3 is 0 Å². The predicted octanol–water partition coefficient (Wildman–Crippen LogP) is 1.14. The van der Waals surface area contributed by atoms with E-state index in [2.05, 4.69) is 5.32 Å². The second-order valence-electron chi connectivity index (χ2n) is 5.73. The molecule has 3 N–H and O–H groups in total. The largest absolute Gasteiger partial charge is 0.491 e. The molecule has 2 atom stereocenters. The van der Waals surface area contributed by atoms with Gasteiger partial charge in [0.1, 0.15) is 18.5 Å². The molecule has 1 amide bonds. The van der Waals surface area contributed by atoms with Crippen molar-refractivity contribution in [1.82, 2.24) is 5.32 Å². The third-order valence-electron chi connectivity index (χ3n) is 3.88. The van der Waals surface area contributed by atoms with Crippen molar-refractivity contribution in [1.29, 1.82) is 0 Å². The van der Waals surface area contributed by atoms with E-state index in [1.54, 1.807) is 7.11 Å². The lowest BCUT2D eigenvalue weighted by molar-refractivity contribution is -0.132. The highest BCUT2D eigenvalue weighted by atomic mass is 16.5. The van der Waals surface area contributed by atoms with Gasteiger partial charge in [-0.3, -0.25) is 4.79 Å². The van der Waals surface area contributed by atoms with Gasteiger partial charge in [-0.2, -0.15) is 0 Å². The van der Waals surface area contributed by atoms with Gasteiger partial charge in [0, 0.05) is 25.8 Å². The maximum Gasteiger partial charge on any atom is 0.249 e. The summed E-state index contributed by atoms with van der Waals surface area (Å²) in [4.78, 5) is 12.2. The molecule has 1 aromatic carbocycles. The van der Waals surface area contributed by atoms with Crippen LogP contribution in [0.1, 0.15) is 24.0 Å². The van der Waals surface area contributed by atoms with E-state index in [4.69, 9.17) is 19.9 Å². The number of nitrogens with one attached hydrogen (secondary N) is 1. The van der Waals surface area contributed by atoms with E-state index < -0.39 is 6.10 Å². The summed E-state index contributed by atoms with van der Waals surface area (Å²) in [5.41, 5.74) is 7.62. The fourth-order valence-electron chi connectivity index (χ4n) is 2.55. The normalized spacial score (nSPS) is 20.5. The van der Waals surface area contributed by atoms with E-state index in [9.17, 15) is 4.79 Å². The highest BCUT2D eigenvalue weighted by Gasteiger charge is 2.29. The summed E-state index contributed by atoms with van der Waals surface area (Å²) in [6, 6.07) is 5.94. The third kappa shape index (κ3) is 5.20. The number of hydrogen-bond donors (Lipinski definition) is 2. The standard InChI is InChI=1S/C17H26N2O4/c1-12-3-4-13(16(9-12)22-8-7-21-2)11-19-17(20)15-6-5-14(10-18)23-15/h3-4,9,14-15H,5-8,10-11,18H2,1-2H3,(H,19,20)/t14-,15+/m1/s1. The molecule has 0 bridgehead atoms. The summed E-state index contributed by atoms with van der Waals surface area (Å²) in [5, 5.41) is 2.92. The van der Waals surface area contributed by atoms with Crippen LogP contribution in [-0.2, 0) is 20.8 Å². The van der Waals surface area contributed by atoms with Crippen molar-refractivity contribution in [3.63, 3.8) is 0 Å². The molecule has 6 heteroatoms. The number of nitrogens with two attached hydrogens (primary N) is 1. The summed E-state index contributed by atoms with van der Waals surface area (Å²) in [6.07, 6.45) is 1.16. The van der Waals surface area contributed by atoms with Gasteiger partial charge in [-0.15, -0.1) is 0 Å². The minimum atomic E-state index is -0.396. The first-order valence-electron chi connectivity index (χ1n) is 7.98. The molecular weight excluding hydrogens is 296 g/mol. The number of carbonyl (C=O) groups excluding carboxylic acids is 1. The number of amides is 1. The van der Waals surface area contributed by atoms with Crippen molar-refractivity contribution in [2.75, 3.05) is 26.9 Å². The van der Waals surface area contributed by atoms with E-state index >= 15 is 0 Å². The molecule has 1 aliphatic heterocycles. The number of aryl methyl sites for hydroxylation is 1. The maximum atomic E-state index is 12.2. The maximum absolute atomic E-state index is 12.2. The van der Waals surface area contributed by atoms with Crippen LogP contribution in [0.3, 0.4) is 0 Å². The molecule has 0 aromatic heterocycles. The summed E-state index contributed by atoms with van der Waals surface area (Å²) in [7, 11) is 1.64. The van der Waals surface area contributed by atoms with E-state index in [1.807, 2.05) is 25.1 Å². The number of carbonyl (C=O) groups is 1. The molecule has 1 aromatic rings. The molecule has 1 fully saturated rings. The highest BCUT2D eigenvalue weighted by molar-refractivity contribution is 5.81. The topological polar surface area (TPSA) is 82.8 Å². The SMILES string of the molecule is COCCOc1cc(C)ccc1CNC(=O)[C@@H]1CC[C@H](CN)O1. The zero-order valence-corrected chi connectivity index (χ0v) is 13.8. The quantitative estimate of drug-likeness (QED) is 0.701. The van der Waals surface area contributed by atoms with Gasteiger partial charge in [-0.05, 0) is 31.4 Å². The predicted molar refractivity (Wildman–Crippen MR) is 87.3 cm³/mol. The molecule has 0 aliphatic carbocycles. The Morgan fingerprint density at radius 2 is 2.22 bits per heavy atom. The zero-order chi connectivity index (χ0) is 16.7. The summed E-state index contributed by atoms with van der Waals surface area (Å²) in [6.45, 7) is 3.87. The fourth-order valence-corrected chi connectivity index (χ4v) is 2.55. The van der Waals surface area contributed by atoms with Crippen LogP contribution in [0.5, 0.6) is 5.75 Å². The monoisotopic (exact) mass is 322 g/mol. The van der Waals surface area contributed by atoms with Crippen molar-refractivity contribution in [3.05, 3.63) is 29.3 Å². The van der Waals surface area contributed by atoms with Crippen molar-refractivity contribution >= 4 is 5.91 Å². The van der Waals surface area contributed by atoms with Gasteiger partial charge in [0.2, 0.25) is 5.91 Å². The molecular formula is C17H26N2O4. The fraction of sp³-hybridized carbons (Fsp3) is 0.588. The van der Waals surface area contributed by atoms with Crippen LogP contribution in [0.4, 0.5) is 0 Å². The molecule has 23 heavy (non-hydrogen) atoms. The molecule has 1 saturated heterocycles. The first-order valence-corrected chi connectivity index (χ1v) is 7.98. The van der Waals surface area contributed by atoms with Crippen LogP contribution in [0.25, 0.3) is 0 Å². The van der Waals surface area contributed by atoms with Crippen molar-refractivity contribution < 1.29 is 19.0 Å². The molecule has 2 rings (SSSR count). The molecule has 6 nitrogen and oxygen atoms in total. The molecule has 1 aliphatic rings. The highest BCUT2D eigenvalue weighted by Crippen LogP contribution is 2.22. The average Bonchev–Trinajstić information content (AvgIpc) is 3.03. The smallest absolute Gasteiger partial charge is 0.249 e. The second-order valence-corrected chi connectivity index (χ2v) is 5.73. The second kappa shape index (κ2) is 8.86. The number of methoxy groups -OCH3 is 1. The number of rotatable bonds is 8. The van der Waals surface area contributed by atoms with Crippen LogP contribution in [0.2, 0.25) is 0 Å². The minimum Gasteiger partial charge on any atom is -0.491 e. The van der Waals surface area contributed by atoms with Crippen LogP contribution in [0.15, 0.2) is 18.2 Å². The van der Waals surface area contributed by atoms with Gasteiger partial charge in [-0.1, -0.05) is 12.1 Å². The first-order chi connectivity index (χ1) is 11.1. The lowest BCUT2D eigenvalue weighted by Crippen LogP contribution is -2.35. The van der Waals surface area contributed by atoms with Crippen LogP contribution >= 0.6 is 0 Å². The van der Waals surface area contributed by atoms with Crippen molar-refractivity contribution in [3.8, 4) is 5.75 Å². The van der Waals surface area contributed by atoms with E-state index in [1.165, 1.54) is 0 Å². The average molecular weight is 322 g/mol. The van der Waals surface area contributed by atoms with Gasteiger partial charge in [-0.25, -0.2) is 0 Å². The summed E-state index contributed by atoms with van der Waals surface area (Å²) in [5.74, 6) is 0.680. The zero-order valence-electron chi connectivity index (χ0n) is 13.8. The number of benzene rings is 1. The Morgan fingerprint density at radius 1 is 1.39 bits per heavy atom. The van der Waals surface area contributed by atoms with E-state index in [0.717, 1.165) is 29.7 Å². The minimum absolute atomic E-state index is 0.00179. The van der Waals surface area contributed by atoms with E-state index in [0.29, 0.717) is 26.3 Å². The molecule has 128 valence electrons. The summed E-state index contributed by atoms with van der Waals surface area (Å²) >= 11 is 0. The molecule has 0 unspecified atom stereocenters. The lowest BCUT2D eigenvalue weighted by Gasteiger charge is -2.15. The Bertz CT molecular complexity index is 521. The Labute approximate surface area is 137 Å². The Hall–Kier alpha value is -1.63. The molecule has 1 heterocycles. The third-order valence-corrected chi connectivity index (χ3v) is 3.88. The summed E-state index contributed by atoms with van der Waals surface area (Å²) < 4.78 is 16.3. The Kier molecular flexibility index (Phi) is 6.83. The van der Waals surface area contributed by atoms with Gasteiger partial charge in [0.25, 0.3) is 0 Å². The number of hydrogen-bond acceptors (Lipinski definition) is 5. The molecule has 0 radical (unpaired) electrons. The lowest BCUT2D eigenvalue weighted by atomic mass is 10.1.